The summed E-state index contributed by atoms with van der Waals surface area (Å²) in [5.74, 6) is 0.806. The highest BCUT2D eigenvalue weighted by Crippen LogP contribution is 2.30. The summed E-state index contributed by atoms with van der Waals surface area (Å²) >= 11 is 0. The fraction of sp³-hybridized carbons (Fsp3) is 0.167. The Kier molecular flexibility index (Phi) is 2.49. The molecule has 0 radical (unpaired) electrons. The summed E-state index contributed by atoms with van der Waals surface area (Å²) in [5, 5.41) is 8.62. The summed E-state index contributed by atoms with van der Waals surface area (Å²) in [5.41, 5.74) is 8.63. The van der Waals surface area contributed by atoms with Gasteiger partial charge in [-0.15, -0.1) is 0 Å². The lowest BCUT2D eigenvalue weighted by molar-refractivity contribution is 0.304. The second-order valence-electron chi connectivity index (χ2n) is 3.87. The maximum atomic E-state index is 5.58. The molecule has 3 aromatic rings. The van der Waals surface area contributed by atoms with E-state index < -0.39 is 0 Å². The molecular formula is C12H12N4O2. The molecule has 3 N–H and O–H groups in total. The van der Waals surface area contributed by atoms with Crippen LogP contribution in [0.1, 0.15) is 5.69 Å². The molecule has 0 atom stereocenters. The van der Waals surface area contributed by atoms with Gasteiger partial charge in [-0.3, -0.25) is 0 Å². The molecule has 2 heterocycles. The van der Waals surface area contributed by atoms with E-state index in [9.17, 15) is 0 Å². The van der Waals surface area contributed by atoms with Crippen molar-refractivity contribution in [1.29, 1.82) is 0 Å². The zero-order valence-electron chi connectivity index (χ0n) is 9.80. The number of fused-ring (bicyclic) bond motifs is 1. The van der Waals surface area contributed by atoms with Crippen LogP contribution in [0.5, 0.6) is 5.75 Å². The van der Waals surface area contributed by atoms with Crippen molar-refractivity contribution >= 4 is 10.9 Å². The van der Waals surface area contributed by atoms with E-state index >= 15 is 0 Å². The van der Waals surface area contributed by atoms with Crippen LogP contribution in [0.4, 0.5) is 0 Å². The first-order valence-electron chi connectivity index (χ1n) is 5.51. The number of nitrogens with two attached hydrogens (primary N) is 1. The van der Waals surface area contributed by atoms with E-state index in [1.54, 1.807) is 7.11 Å². The quantitative estimate of drug-likeness (QED) is 0.731. The molecule has 0 amide bonds. The highest BCUT2D eigenvalue weighted by molar-refractivity contribution is 5.90. The van der Waals surface area contributed by atoms with Crippen LogP contribution in [0, 0.1) is 0 Å². The van der Waals surface area contributed by atoms with Crippen molar-refractivity contribution in [3.8, 4) is 17.1 Å². The molecule has 0 unspecified atom stereocenters. The standard InChI is InChI=1S/C12H12N4O2/c1-17-11-4-2-3-8-7(11)5-9(14-8)12-10(6-13)15-18-16-12/h2-5,14H,6,13H2,1H3. The molecule has 18 heavy (non-hydrogen) atoms. The third-order valence-corrected chi connectivity index (χ3v) is 2.85. The number of hydrogen-bond donors (Lipinski definition) is 2. The molecule has 3 rings (SSSR count). The molecule has 1 aromatic carbocycles. The molecule has 0 spiro atoms. The highest BCUT2D eigenvalue weighted by Gasteiger charge is 2.14. The van der Waals surface area contributed by atoms with Crippen LogP contribution in [0.15, 0.2) is 28.9 Å². The van der Waals surface area contributed by atoms with Crippen LogP contribution in [0.2, 0.25) is 0 Å². The average molecular weight is 244 g/mol. The molecule has 6 heteroatoms. The molecule has 0 aliphatic carbocycles. The van der Waals surface area contributed by atoms with Gasteiger partial charge in [0.2, 0.25) is 0 Å². The Morgan fingerprint density at radius 2 is 2.28 bits per heavy atom. The topological polar surface area (TPSA) is 90.0 Å². The fourth-order valence-electron chi connectivity index (χ4n) is 1.98. The van der Waals surface area contributed by atoms with E-state index in [0.29, 0.717) is 11.4 Å². The van der Waals surface area contributed by atoms with Crippen LogP contribution in [0.25, 0.3) is 22.3 Å². The number of hydrogen-bond acceptors (Lipinski definition) is 5. The fourth-order valence-corrected chi connectivity index (χ4v) is 1.98. The van der Waals surface area contributed by atoms with Gasteiger partial charge in [0.1, 0.15) is 11.4 Å². The number of benzene rings is 1. The number of nitrogens with zero attached hydrogens (tertiary/aromatic N) is 2. The van der Waals surface area contributed by atoms with Crippen molar-refractivity contribution in [2.24, 2.45) is 5.73 Å². The van der Waals surface area contributed by atoms with E-state index in [1.165, 1.54) is 0 Å². The molecule has 2 aromatic heterocycles. The van der Waals surface area contributed by atoms with Gasteiger partial charge in [-0.05, 0) is 23.4 Å². The predicted octanol–water partition coefficient (Wildman–Crippen LogP) is 1.69. The lowest BCUT2D eigenvalue weighted by atomic mass is 10.2. The first kappa shape index (κ1) is 10.8. The second kappa shape index (κ2) is 4.15. The predicted molar refractivity (Wildman–Crippen MR) is 66.0 cm³/mol. The summed E-state index contributed by atoms with van der Waals surface area (Å²) < 4.78 is 10.0. The largest absolute Gasteiger partial charge is 0.496 e. The van der Waals surface area contributed by atoms with Crippen LogP contribution >= 0.6 is 0 Å². The molecule has 0 bridgehead atoms. The van der Waals surface area contributed by atoms with Crippen LogP contribution in [-0.4, -0.2) is 22.4 Å². The molecular weight excluding hydrogens is 232 g/mol. The minimum atomic E-state index is 0.283. The maximum Gasteiger partial charge on any atom is 0.155 e. The number of nitrogens with one attached hydrogen (secondary N) is 1. The third-order valence-electron chi connectivity index (χ3n) is 2.85. The third kappa shape index (κ3) is 1.54. The van der Waals surface area contributed by atoms with Gasteiger partial charge in [-0.2, -0.15) is 0 Å². The maximum absolute atomic E-state index is 5.58. The van der Waals surface area contributed by atoms with Gasteiger partial charge in [0.05, 0.1) is 12.8 Å². The lowest BCUT2D eigenvalue weighted by Crippen LogP contribution is -1.98. The lowest BCUT2D eigenvalue weighted by Gasteiger charge is -1.99. The molecule has 0 aliphatic heterocycles. The molecule has 6 nitrogen and oxygen atoms in total. The van der Waals surface area contributed by atoms with Crippen LogP contribution in [-0.2, 0) is 6.54 Å². The first-order chi connectivity index (χ1) is 8.83. The minimum Gasteiger partial charge on any atom is -0.496 e. The SMILES string of the molecule is COc1cccc2[nH]c(-c3nonc3CN)cc12. The first-order valence-corrected chi connectivity index (χ1v) is 5.51. The van der Waals surface area contributed by atoms with E-state index in [4.69, 9.17) is 15.1 Å². The number of ether oxygens (including phenoxy) is 1. The number of H-pyrrole nitrogens is 1. The monoisotopic (exact) mass is 244 g/mol. The summed E-state index contributed by atoms with van der Waals surface area (Å²) in [6.07, 6.45) is 0. The van der Waals surface area contributed by atoms with Crippen molar-refractivity contribution in [1.82, 2.24) is 15.3 Å². The Hall–Kier alpha value is -2.34. The van der Waals surface area contributed by atoms with E-state index in [1.807, 2.05) is 24.3 Å². The van der Waals surface area contributed by atoms with Crippen LogP contribution in [0.3, 0.4) is 0 Å². The Morgan fingerprint density at radius 1 is 1.39 bits per heavy atom. The summed E-state index contributed by atoms with van der Waals surface area (Å²) in [6, 6.07) is 7.75. The van der Waals surface area contributed by atoms with Crippen molar-refractivity contribution in [2.75, 3.05) is 7.11 Å². The number of methoxy groups -OCH3 is 1. The Balaban J connectivity index is 2.19. The van der Waals surface area contributed by atoms with E-state index in [-0.39, 0.29) is 6.54 Å². The number of rotatable bonds is 3. The zero-order chi connectivity index (χ0) is 12.5. The van der Waals surface area contributed by atoms with Gasteiger partial charge in [0.25, 0.3) is 0 Å². The Labute approximate surface area is 103 Å². The molecule has 0 fully saturated rings. The van der Waals surface area contributed by atoms with Gasteiger partial charge in [0.15, 0.2) is 5.69 Å². The van der Waals surface area contributed by atoms with Gasteiger partial charge in [-0.25, -0.2) is 4.63 Å². The van der Waals surface area contributed by atoms with Crippen LogP contribution < -0.4 is 10.5 Å². The van der Waals surface area contributed by atoms with Gasteiger partial charge < -0.3 is 15.5 Å². The number of aromatic nitrogens is 3. The normalized spacial score (nSPS) is 11.0. The summed E-state index contributed by atoms with van der Waals surface area (Å²) in [4.78, 5) is 3.25. The second-order valence-corrected chi connectivity index (χ2v) is 3.87. The summed E-state index contributed by atoms with van der Waals surface area (Å²) in [7, 11) is 1.64. The molecule has 0 saturated heterocycles. The van der Waals surface area contributed by atoms with Crippen molar-refractivity contribution in [2.45, 2.75) is 6.54 Å². The minimum absolute atomic E-state index is 0.283. The van der Waals surface area contributed by atoms with Crippen molar-refractivity contribution in [3.05, 3.63) is 30.0 Å². The van der Waals surface area contributed by atoms with Gasteiger partial charge >= 0.3 is 0 Å². The van der Waals surface area contributed by atoms with E-state index in [0.717, 1.165) is 22.3 Å². The molecule has 92 valence electrons. The Morgan fingerprint density at radius 3 is 3.06 bits per heavy atom. The van der Waals surface area contributed by atoms with Gasteiger partial charge in [-0.1, -0.05) is 11.2 Å². The van der Waals surface area contributed by atoms with Crippen molar-refractivity contribution < 1.29 is 9.37 Å². The average Bonchev–Trinajstić information content (AvgIpc) is 3.03. The van der Waals surface area contributed by atoms with E-state index in [2.05, 4.69) is 15.3 Å². The molecule has 0 saturated carbocycles. The zero-order valence-corrected chi connectivity index (χ0v) is 9.80. The molecule has 0 aliphatic rings. The smallest absolute Gasteiger partial charge is 0.155 e. The highest BCUT2D eigenvalue weighted by atomic mass is 16.6. The Bertz CT molecular complexity index is 686. The van der Waals surface area contributed by atoms with Crippen molar-refractivity contribution in [3.63, 3.8) is 0 Å². The number of aromatic amines is 1. The summed E-state index contributed by atoms with van der Waals surface area (Å²) in [6.45, 7) is 0.283. The van der Waals surface area contributed by atoms with Gasteiger partial charge in [0, 0.05) is 17.4 Å².